The Balaban J connectivity index is 1.23. The predicted octanol–water partition coefficient (Wildman–Crippen LogP) is 20.8. The molecule has 378 valence electrons. The third-order valence-corrected chi connectivity index (χ3v) is 15.7. The Bertz CT molecular complexity index is 4390. The van der Waals surface area contributed by atoms with Crippen LogP contribution < -0.4 is 0 Å². The van der Waals surface area contributed by atoms with Gasteiger partial charge in [0.25, 0.3) is 0 Å². The summed E-state index contributed by atoms with van der Waals surface area (Å²) in [7, 11) is 0. The van der Waals surface area contributed by atoms with E-state index in [1.807, 2.05) is 12.1 Å². The van der Waals surface area contributed by atoms with Gasteiger partial charge in [0.15, 0.2) is 5.69 Å². The summed E-state index contributed by atoms with van der Waals surface area (Å²) in [4.78, 5) is 8.22. The van der Waals surface area contributed by atoms with Gasteiger partial charge in [-0.1, -0.05) is 156 Å². The fraction of sp³-hybridized carbons (Fsp3) is 0.127. The Labute approximate surface area is 452 Å². The number of fused-ring (bicyclic) bond motifs is 6. The van der Waals surface area contributed by atoms with Crippen LogP contribution in [-0.2, 0) is 6.18 Å². The molecule has 78 heavy (non-hydrogen) atoms. The van der Waals surface area contributed by atoms with Crippen molar-refractivity contribution in [2.45, 2.75) is 61.6 Å². The van der Waals surface area contributed by atoms with Crippen molar-refractivity contribution in [2.24, 2.45) is 0 Å². The van der Waals surface area contributed by atoms with Crippen LogP contribution >= 0.6 is 0 Å². The molecule has 7 heteroatoms. The van der Waals surface area contributed by atoms with Gasteiger partial charge in [-0.3, -0.25) is 0 Å². The van der Waals surface area contributed by atoms with Crippen molar-refractivity contribution in [3.8, 4) is 67.0 Å². The van der Waals surface area contributed by atoms with E-state index in [0.29, 0.717) is 28.2 Å². The molecule has 2 aromatic heterocycles. The van der Waals surface area contributed by atoms with E-state index in [-0.39, 0.29) is 5.69 Å². The lowest BCUT2D eigenvalue weighted by molar-refractivity contribution is -0.137. The number of alkyl halides is 3. The maximum atomic E-state index is 14.6. The highest BCUT2D eigenvalue weighted by atomic mass is 19.4. The van der Waals surface area contributed by atoms with Crippen LogP contribution in [0, 0.1) is 68.5 Å². The van der Waals surface area contributed by atoms with Crippen molar-refractivity contribution in [3.63, 3.8) is 0 Å². The second-order valence-corrected chi connectivity index (χ2v) is 21.2. The summed E-state index contributed by atoms with van der Waals surface area (Å²) in [5.74, 6) is 0. The molecular weight excluding hydrogens is 966 g/mol. The first-order chi connectivity index (χ1) is 37.5. The monoisotopic (exact) mass is 1020 g/mol. The molecule has 0 aliphatic rings. The largest absolute Gasteiger partial charge is 0.415 e. The molecule has 12 aromatic rings. The summed E-state index contributed by atoms with van der Waals surface area (Å²) in [6.45, 7) is 34.4. The molecule has 0 N–H and O–H groups in total. The van der Waals surface area contributed by atoms with E-state index in [0.717, 1.165) is 145 Å². The molecule has 0 radical (unpaired) electrons. The van der Waals surface area contributed by atoms with Gasteiger partial charge in [0.05, 0.1) is 40.9 Å². The number of aromatic nitrogens is 2. The van der Waals surface area contributed by atoms with Crippen LogP contribution in [0.2, 0.25) is 0 Å². The van der Waals surface area contributed by atoms with Gasteiger partial charge in [0.2, 0.25) is 5.69 Å². The molecule has 12 rings (SSSR count). The first-order valence-corrected chi connectivity index (χ1v) is 26.1. The molecule has 0 unspecified atom stereocenters. The minimum absolute atomic E-state index is 0.156. The highest BCUT2D eigenvalue weighted by Crippen LogP contribution is 2.48. The third-order valence-electron chi connectivity index (χ3n) is 15.7. The number of halogens is 3. The van der Waals surface area contributed by atoms with Crippen LogP contribution in [0.15, 0.2) is 176 Å². The van der Waals surface area contributed by atoms with Crippen LogP contribution in [0.5, 0.6) is 0 Å². The minimum Gasteiger partial charge on any atom is -0.319 e. The number of nitrogens with zero attached hydrogens (tertiary/aromatic N) is 4. The van der Waals surface area contributed by atoms with Gasteiger partial charge in [-0.15, -0.1) is 0 Å². The van der Waals surface area contributed by atoms with Crippen molar-refractivity contribution in [3.05, 3.63) is 249 Å². The third kappa shape index (κ3) is 8.31. The van der Waals surface area contributed by atoms with Crippen LogP contribution in [0.25, 0.3) is 120 Å². The van der Waals surface area contributed by atoms with E-state index in [4.69, 9.17) is 13.1 Å². The van der Waals surface area contributed by atoms with E-state index >= 15 is 0 Å². The fourth-order valence-electron chi connectivity index (χ4n) is 12.0. The Morgan fingerprint density at radius 2 is 0.654 bits per heavy atom. The zero-order valence-corrected chi connectivity index (χ0v) is 44.7. The molecule has 0 saturated carbocycles. The number of hydrogen-bond acceptors (Lipinski definition) is 0. The quantitative estimate of drug-likeness (QED) is 0.142. The maximum Gasteiger partial charge on any atom is 0.415 e. The molecule has 0 atom stereocenters. The van der Waals surface area contributed by atoms with Gasteiger partial charge in [-0.05, 0) is 176 Å². The van der Waals surface area contributed by atoms with Crippen molar-refractivity contribution < 1.29 is 13.2 Å². The molecule has 0 fully saturated rings. The van der Waals surface area contributed by atoms with Gasteiger partial charge in [-0.25, -0.2) is 9.69 Å². The second-order valence-electron chi connectivity index (χ2n) is 21.2. The summed E-state index contributed by atoms with van der Waals surface area (Å²) < 4.78 is 48.3. The Kier molecular flexibility index (Phi) is 11.8. The summed E-state index contributed by atoms with van der Waals surface area (Å²) in [6, 6.07) is 58.9. The lowest BCUT2D eigenvalue weighted by atomic mass is 9.96. The lowest BCUT2D eigenvalue weighted by Crippen LogP contribution is -2.05. The van der Waals surface area contributed by atoms with E-state index in [1.165, 1.54) is 6.07 Å². The average Bonchev–Trinajstić information content (AvgIpc) is 3.91. The van der Waals surface area contributed by atoms with E-state index in [2.05, 4.69) is 220 Å². The SMILES string of the molecule is [C-]#[N+]c1cc(C(F)(F)F)ccc1-c1cc(-n2c3cc(-c4ccc(C)cc4C)ccc3c3ccc(-c4ccc(C)cc4C)cc32)c([N+]#[C-])cc1-n1c2cc(-c3ccc(C)cc3C)ccc2c2ccc(-c3ccc(C)cc3C)cc21. The first-order valence-electron chi connectivity index (χ1n) is 26.1. The molecule has 0 spiro atoms. The van der Waals surface area contributed by atoms with E-state index in [1.54, 1.807) is 0 Å². The zero-order chi connectivity index (χ0) is 54.5. The number of benzene rings is 10. The fourth-order valence-corrected chi connectivity index (χ4v) is 12.0. The van der Waals surface area contributed by atoms with Crippen LogP contribution in [0.1, 0.15) is 50.1 Å². The van der Waals surface area contributed by atoms with Crippen molar-refractivity contribution >= 4 is 55.0 Å². The van der Waals surface area contributed by atoms with Crippen molar-refractivity contribution in [2.75, 3.05) is 0 Å². The van der Waals surface area contributed by atoms with Crippen LogP contribution in [0.4, 0.5) is 24.5 Å². The number of aryl methyl sites for hydroxylation is 8. The molecule has 0 aliphatic heterocycles. The highest BCUT2D eigenvalue weighted by molar-refractivity contribution is 6.14. The Morgan fingerprint density at radius 3 is 0.974 bits per heavy atom. The van der Waals surface area contributed by atoms with Gasteiger partial charge >= 0.3 is 6.18 Å². The first kappa shape index (κ1) is 49.4. The Morgan fingerprint density at radius 1 is 0.321 bits per heavy atom. The van der Waals surface area contributed by atoms with Crippen molar-refractivity contribution in [1.82, 2.24) is 9.13 Å². The topological polar surface area (TPSA) is 18.6 Å². The molecule has 4 nitrogen and oxygen atoms in total. The molecule has 10 aromatic carbocycles. The van der Waals surface area contributed by atoms with Gasteiger partial charge in [-0.2, -0.15) is 13.2 Å². The smallest absolute Gasteiger partial charge is 0.319 e. The molecule has 0 bridgehead atoms. The highest BCUT2D eigenvalue weighted by Gasteiger charge is 2.32. The van der Waals surface area contributed by atoms with Crippen LogP contribution in [-0.4, -0.2) is 9.13 Å². The standard InChI is InChI=1S/C71H53F3N4/c1-40-11-20-53(44(5)29-40)48-15-24-58-59-25-16-49(54-21-12-41(2)30-45(54)6)34-66(59)77(65(58)33-48)69-39-64(76-10)70(38-62(69)57-28-19-52(71(72,73)74)37-63(57)75-9)78-67-35-50(55-22-13-42(3)31-46(55)7)17-26-60(67)61-27-18-51(36-68(61)78)56-23-14-43(4)32-47(56)8/h11-39H,1-8H3. The predicted molar refractivity (Wildman–Crippen MR) is 318 cm³/mol. The van der Waals surface area contributed by atoms with Crippen LogP contribution in [0.3, 0.4) is 0 Å². The lowest BCUT2D eigenvalue weighted by Gasteiger charge is -2.21. The molecular formula is C71H53F3N4. The minimum atomic E-state index is -4.69. The molecule has 0 saturated heterocycles. The number of hydrogen-bond donors (Lipinski definition) is 0. The van der Waals surface area contributed by atoms with E-state index < -0.39 is 11.7 Å². The van der Waals surface area contributed by atoms with Gasteiger partial charge < -0.3 is 9.13 Å². The summed E-state index contributed by atoms with van der Waals surface area (Å²) >= 11 is 0. The number of rotatable bonds is 7. The average molecular weight is 1020 g/mol. The second kappa shape index (κ2) is 18.7. The zero-order valence-electron chi connectivity index (χ0n) is 44.7. The summed E-state index contributed by atoms with van der Waals surface area (Å²) in [6.07, 6.45) is -4.69. The van der Waals surface area contributed by atoms with Gasteiger partial charge in [0.1, 0.15) is 0 Å². The normalized spacial score (nSPS) is 11.8. The summed E-state index contributed by atoms with van der Waals surface area (Å²) in [5.41, 5.74) is 21.9. The Hall–Kier alpha value is -9.43. The van der Waals surface area contributed by atoms with E-state index in [9.17, 15) is 13.2 Å². The summed E-state index contributed by atoms with van der Waals surface area (Å²) in [5, 5.41) is 3.87. The molecule has 2 heterocycles. The molecule has 0 amide bonds. The van der Waals surface area contributed by atoms with Crippen molar-refractivity contribution in [1.29, 1.82) is 0 Å². The van der Waals surface area contributed by atoms with Gasteiger partial charge in [0, 0.05) is 32.8 Å². The molecule has 0 aliphatic carbocycles. The maximum absolute atomic E-state index is 14.6.